The van der Waals surface area contributed by atoms with Gasteiger partial charge in [0.2, 0.25) is 0 Å². The van der Waals surface area contributed by atoms with Gasteiger partial charge in [-0.2, -0.15) is 0 Å². The van der Waals surface area contributed by atoms with E-state index in [1.807, 2.05) is 0 Å². The minimum atomic E-state index is -1.01. The number of nitrogens with zero attached hydrogens (tertiary/aromatic N) is 1. The van der Waals surface area contributed by atoms with E-state index in [0.29, 0.717) is 10.9 Å². The summed E-state index contributed by atoms with van der Waals surface area (Å²) in [6, 6.07) is 6.50. The van der Waals surface area contributed by atoms with E-state index in [1.165, 1.54) is 11.1 Å². The zero-order valence-corrected chi connectivity index (χ0v) is 14.4. The first-order valence-corrected chi connectivity index (χ1v) is 8.03. The fourth-order valence-electron chi connectivity index (χ4n) is 4.03. The molecule has 1 aromatic rings. The maximum Gasteiger partial charge on any atom is 0.144 e. The number of likely N-dealkylation sites (N-methyl/N-ethyl adjacent to an activating group) is 1. The van der Waals surface area contributed by atoms with Gasteiger partial charge >= 0.3 is 0 Å². The van der Waals surface area contributed by atoms with Crippen LogP contribution < -0.4 is 0 Å². The van der Waals surface area contributed by atoms with E-state index in [0.717, 1.165) is 5.56 Å². The van der Waals surface area contributed by atoms with Crippen LogP contribution >= 0.6 is 0 Å². The average Bonchev–Trinajstić information content (AvgIpc) is 2.59. The molecule has 1 aromatic carbocycles. The summed E-state index contributed by atoms with van der Waals surface area (Å²) in [5.74, 6) is 0. The molecule has 4 nitrogen and oxygen atoms in total. The highest BCUT2D eigenvalue weighted by atomic mass is 16.3. The molecule has 1 saturated heterocycles. The summed E-state index contributed by atoms with van der Waals surface area (Å²) in [6.45, 7) is 5.98. The molecule has 0 amide bonds. The number of quaternary nitrogens is 1. The van der Waals surface area contributed by atoms with Crippen LogP contribution in [0, 0.1) is 13.8 Å². The Morgan fingerprint density at radius 1 is 1.27 bits per heavy atom. The van der Waals surface area contributed by atoms with E-state index >= 15 is 0 Å². The van der Waals surface area contributed by atoms with Crippen molar-refractivity contribution < 1.29 is 19.8 Å². The number of rotatable bonds is 4. The Kier molecular flexibility index (Phi) is 4.69. The SMILES string of the molecule is Cc1ccc(C2C(O)(CC(O)CO)CC(C)[N+]2(C)C)cc1C. The second-order valence-electron chi connectivity index (χ2n) is 7.57. The first kappa shape index (κ1) is 17.4. The van der Waals surface area contributed by atoms with Gasteiger partial charge in [-0.15, -0.1) is 0 Å². The molecule has 0 spiro atoms. The number of hydrogen-bond acceptors (Lipinski definition) is 3. The van der Waals surface area contributed by atoms with Crippen LogP contribution in [0.1, 0.15) is 42.5 Å². The van der Waals surface area contributed by atoms with Gasteiger partial charge in [0.15, 0.2) is 0 Å². The molecule has 4 heteroatoms. The van der Waals surface area contributed by atoms with Crippen molar-refractivity contribution in [1.82, 2.24) is 0 Å². The molecule has 0 saturated carbocycles. The van der Waals surface area contributed by atoms with Crippen LogP contribution in [0.2, 0.25) is 0 Å². The number of likely N-dealkylation sites (tertiary alicyclic amines) is 1. The molecule has 124 valence electrons. The van der Waals surface area contributed by atoms with Crippen LogP contribution in [0.25, 0.3) is 0 Å². The Morgan fingerprint density at radius 3 is 2.45 bits per heavy atom. The third-order valence-electron chi connectivity index (χ3n) is 5.61. The van der Waals surface area contributed by atoms with E-state index < -0.39 is 11.7 Å². The predicted molar refractivity (Wildman–Crippen MR) is 87.5 cm³/mol. The molecule has 2 rings (SSSR count). The molecule has 3 N–H and O–H groups in total. The molecule has 1 fully saturated rings. The lowest BCUT2D eigenvalue weighted by Gasteiger charge is -2.40. The first-order valence-electron chi connectivity index (χ1n) is 8.03. The highest BCUT2D eigenvalue weighted by Crippen LogP contribution is 2.49. The molecule has 1 aliphatic heterocycles. The molecule has 4 unspecified atom stereocenters. The molecule has 22 heavy (non-hydrogen) atoms. The van der Waals surface area contributed by atoms with Crippen molar-refractivity contribution in [3.05, 3.63) is 34.9 Å². The van der Waals surface area contributed by atoms with Crippen LogP contribution in [0.3, 0.4) is 0 Å². The third-order valence-corrected chi connectivity index (χ3v) is 5.61. The Labute approximate surface area is 133 Å². The topological polar surface area (TPSA) is 60.7 Å². The fraction of sp³-hybridized carbons (Fsp3) is 0.667. The maximum atomic E-state index is 11.3. The molecule has 0 aromatic heterocycles. The normalized spacial score (nSPS) is 32.2. The van der Waals surface area contributed by atoms with Crippen LogP contribution in [0.5, 0.6) is 0 Å². The highest BCUT2D eigenvalue weighted by molar-refractivity contribution is 5.33. The Bertz CT molecular complexity index is 543. The van der Waals surface area contributed by atoms with Gasteiger partial charge in [-0.25, -0.2) is 0 Å². The summed E-state index contributed by atoms with van der Waals surface area (Å²) in [7, 11) is 4.27. The van der Waals surface area contributed by atoms with Gasteiger partial charge in [0.05, 0.1) is 32.8 Å². The van der Waals surface area contributed by atoms with E-state index in [2.05, 4.69) is 53.1 Å². The minimum absolute atomic E-state index is 0.108. The van der Waals surface area contributed by atoms with E-state index in [-0.39, 0.29) is 25.1 Å². The monoisotopic (exact) mass is 308 g/mol. The van der Waals surface area contributed by atoms with Gasteiger partial charge in [-0.05, 0) is 38.0 Å². The average molecular weight is 308 g/mol. The Hall–Kier alpha value is -0.940. The lowest BCUT2D eigenvalue weighted by atomic mass is 9.83. The van der Waals surface area contributed by atoms with E-state index in [4.69, 9.17) is 0 Å². The number of benzene rings is 1. The largest absolute Gasteiger partial charge is 0.394 e. The summed E-state index contributed by atoms with van der Waals surface area (Å²) < 4.78 is 0.678. The first-order chi connectivity index (χ1) is 10.1. The maximum absolute atomic E-state index is 11.3. The van der Waals surface area contributed by atoms with Crippen LogP contribution in [-0.4, -0.2) is 58.3 Å². The molecule has 0 bridgehead atoms. The summed E-state index contributed by atoms with van der Waals surface area (Å²) in [5.41, 5.74) is 2.54. The van der Waals surface area contributed by atoms with Crippen molar-refractivity contribution in [2.24, 2.45) is 0 Å². The molecule has 1 heterocycles. The summed E-state index contributed by atoms with van der Waals surface area (Å²) >= 11 is 0. The molecule has 0 aliphatic carbocycles. The van der Waals surface area contributed by atoms with Gasteiger partial charge in [0, 0.05) is 18.4 Å². The third kappa shape index (κ3) is 2.93. The van der Waals surface area contributed by atoms with Crippen molar-refractivity contribution >= 4 is 0 Å². The quantitative estimate of drug-likeness (QED) is 0.742. The van der Waals surface area contributed by atoms with Crippen molar-refractivity contribution in [1.29, 1.82) is 0 Å². The van der Waals surface area contributed by atoms with Gasteiger partial charge in [0.25, 0.3) is 0 Å². The van der Waals surface area contributed by atoms with Gasteiger partial charge in [-0.3, -0.25) is 0 Å². The summed E-state index contributed by atoms with van der Waals surface area (Å²) in [4.78, 5) is 0. The highest BCUT2D eigenvalue weighted by Gasteiger charge is 2.58. The predicted octanol–water partition coefficient (Wildman–Crippen LogP) is 1.69. The zero-order valence-electron chi connectivity index (χ0n) is 14.4. The lowest BCUT2D eigenvalue weighted by Crippen LogP contribution is -2.49. The van der Waals surface area contributed by atoms with Gasteiger partial charge in [-0.1, -0.05) is 12.1 Å². The van der Waals surface area contributed by atoms with E-state index in [1.54, 1.807) is 0 Å². The Morgan fingerprint density at radius 2 is 1.91 bits per heavy atom. The van der Waals surface area contributed by atoms with Crippen LogP contribution in [0.15, 0.2) is 18.2 Å². The molecular formula is C18H30NO3+. The number of aryl methyl sites for hydroxylation is 2. The molecular weight excluding hydrogens is 278 g/mol. The number of aliphatic hydroxyl groups is 3. The van der Waals surface area contributed by atoms with Crippen molar-refractivity contribution in [2.45, 2.75) is 57.4 Å². The van der Waals surface area contributed by atoms with Crippen molar-refractivity contribution in [2.75, 3.05) is 20.7 Å². The van der Waals surface area contributed by atoms with E-state index in [9.17, 15) is 15.3 Å². The fourth-order valence-corrected chi connectivity index (χ4v) is 4.03. The second-order valence-corrected chi connectivity index (χ2v) is 7.57. The van der Waals surface area contributed by atoms with Crippen molar-refractivity contribution in [3.8, 4) is 0 Å². The van der Waals surface area contributed by atoms with Gasteiger partial charge < -0.3 is 19.8 Å². The molecule has 0 radical (unpaired) electrons. The number of hydrogen-bond donors (Lipinski definition) is 3. The number of aliphatic hydroxyl groups excluding tert-OH is 2. The lowest BCUT2D eigenvalue weighted by molar-refractivity contribution is -0.932. The standard InChI is InChI=1S/C18H30NO3/c1-12-6-7-15(8-13(12)2)17-18(22,10-16(21)11-20)9-14(3)19(17,4)5/h6-8,14,16-17,20-22H,9-11H2,1-5H3/q+1. The van der Waals surface area contributed by atoms with Crippen molar-refractivity contribution in [3.63, 3.8) is 0 Å². The summed E-state index contributed by atoms with van der Waals surface area (Å²) in [5, 5.41) is 30.3. The van der Waals surface area contributed by atoms with Crippen LogP contribution in [-0.2, 0) is 0 Å². The van der Waals surface area contributed by atoms with Gasteiger partial charge in [0.1, 0.15) is 11.6 Å². The van der Waals surface area contributed by atoms with Crippen LogP contribution in [0.4, 0.5) is 0 Å². The summed E-state index contributed by atoms with van der Waals surface area (Å²) in [6.07, 6.45) is -0.0637. The zero-order chi connectivity index (χ0) is 16.7. The molecule has 4 atom stereocenters. The smallest absolute Gasteiger partial charge is 0.144 e. The Balaban J connectivity index is 2.47. The minimum Gasteiger partial charge on any atom is -0.394 e. The molecule has 1 aliphatic rings. The second kappa shape index (κ2) is 5.93.